The van der Waals surface area contributed by atoms with Crippen molar-refractivity contribution < 1.29 is 22.7 Å². The fourth-order valence-corrected chi connectivity index (χ4v) is 1.06. The van der Waals surface area contributed by atoms with Crippen LogP contribution in [0.3, 0.4) is 0 Å². The van der Waals surface area contributed by atoms with Gasteiger partial charge in [0.1, 0.15) is 0 Å². The Morgan fingerprint density at radius 3 is 2.29 bits per heavy atom. The van der Waals surface area contributed by atoms with E-state index >= 15 is 0 Å². The summed E-state index contributed by atoms with van der Waals surface area (Å²) in [5, 5.41) is 3.59. The molecule has 1 aromatic carbocycles. The van der Waals surface area contributed by atoms with Gasteiger partial charge in [0.2, 0.25) is 5.90 Å². The average Bonchev–Trinajstić information content (AvgIpc) is 2.26. The van der Waals surface area contributed by atoms with Crippen LogP contribution in [0.25, 0.3) is 0 Å². The van der Waals surface area contributed by atoms with E-state index in [1.54, 1.807) is 13.8 Å². The summed E-state index contributed by atoms with van der Waals surface area (Å²) in [7, 11) is 0. The number of rotatable bonds is 3. The van der Waals surface area contributed by atoms with Crippen LogP contribution in [0.2, 0.25) is 0 Å². The predicted octanol–water partition coefficient (Wildman–Crippen LogP) is 3.45. The van der Waals surface area contributed by atoms with Crippen molar-refractivity contribution in [1.82, 2.24) is 0 Å². The van der Waals surface area contributed by atoms with Gasteiger partial charge in [0.25, 0.3) is 0 Å². The lowest BCUT2D eigenvalue weighted by Crippen LogP contribution is -2.04. The van der Waals surface area contributed by atoms with Crippen molar-refractivity contribution in [3.63, 3.8) is 0 Å². The Balaban J connectivity index is 2.66. The minimum absolute atomic E-state index is 0.219. The molecule has 0 saturated carbocycles. The Kier molecular flexibility index (Phi) is 4.37. The molecule has 0 N–H and O–H groups in total. The summed E-state index contributed by atoms with van der Waals surface area (Å²) in [6.07, 6.45) is -4.34. The van der Waals surface area contributed by atoms with E-state index in [1.165, 1.54) is 12.1 Å². The zero-order chi connectivity index (χ0) is 12.9. The normalized spacial score (nSPS) is 12.4. The molecule has 6 heteroatoms. The maximum absolute atomic E-state index is 12.2. The Morgan fingerprint density at radius 1 is 1.24 bits per heavy atom. The second-order valence-electron chi connectivity index (χ2n) is 3.16. The van der Waals surface area contributed by atoms with E-state index in [4.69, 9.17) is 9.57 Å². The molecule has 0 aliphatic rings. The van der Waals surface area contributed by atoms with Crippen molar-refractivity contribution >= 4 is 5.90 Å². The Labute approximate surface area is 96.8 Å². The van der Waals surface area contributed by atoms with Crippen LogP contribution in [-0.4, -0.2) is 12.5 Å². The van der Waals surface area contributed by atoms with Crippen LogP contribution in [-0.2, 0) is 10.9 Å². The summed E-state index contributed by atoms with van der Waals surface area (Å²) in [4.78, 5) is 4.88. The predicted molar refractivity (Wildman–Crippen MR) is 56.8 cm³/mol. The molecular weight excluding hydrogens is 235 g/mol. The number of oxime groups is 1. The van der Waals surface area contributed by atoms with E-state index in [-0.39, 0.29) is 5.75 Å². The van der Waals surface area contributed by atoms with Gasteiger partial charge < -0.3 is 9.57 Å². The quantitative estimate of drug-likeness (QED) is 0.465. The SMILES string of the molecule is CCOC(C)=NOc1ccc(C(F)(F)F)cc1. The second-order valence-corrected chi connectivity index (χ2v) is 3.16. The molecule has 94 valence electrons. The van der Waals surface area contributed by atoms with E-state index in [0.717, 1.165) is 12.1 Å². The van der Waals surface area contributed by atoms with Crippen molar-refractivity contribution in [2.45, 2.75) is 20.0 Å². The molecular formula is C11H12F3NO2. The molecule has 0 atom stereocenters. The molecule has 3 nitrogen and oxygen atoms in total. The number of benzene rings is 1. The van der Waals surface area contributed by atoms with Gasteiger partial charge in [-0.05, 0) is 36.3 Å². The van der Waals surface area contributed by atoms with Crippen molar-refractivity contribution in [2.24, 2.45) is 5.16 Å². The largest absolute Gasteiger partial charge is 0.479 e. The topological polar surface area (TPSA) is 30.8 Å². The summed E-state index contributed by atoms with van der Waals surface area (Å²) >= 11 is 0. The van der Waals surface area contributed by atoms with Gasteiger partial charge in [-0.2, -0.15) is 13.2 Å². The molecule has 0 amide bonds. The Morgan fingerprint density at radius 2 is 1.82 bits per heavy atom. The number of hydrogen-bond donors (Lipinski definition) is 0. The molecule has 0 aliphatic carbocycles. The molecule has 0 unspecified atom stereocenters. The van der Waals surface area contributed by atoms with Gasteiger partial charge in [-0.3, -0.25) is 0 Å². The number of hydrogen-bond acceptors (Lipinski definition) is 3. The highest BCUT2D eigenvalue weighted by atomic mass is 19.4. The molecule has 1 rings (SSSR count). The molecule has 0 aliphatic heterocycles. The van der Waals surface area contributed by atoms with E-state index in [0.29, 0.717) is 12.5 Å². The van der Waals surface area contributed by atoms with Gasteiger partial charge in [0.05, 0.1) is 12.2 Å². The fraction of sp³-hybridized carbons (Fsp3) is 0.364. The van der Waals surface area contributed by atoms with Crippen LogP contribution in [0, 0.1) is 0 Å². The molecule has 0 aromatic heterocycles. The lowest BCUT2D eigenvalue weighted by atomic mass is 10.2. The van der Waals surface area contributed by atoms with E-state index < -0.39 is 11.7 Å². The van der Waals surface area contributed by atoms with Crippen LogP contribution in [0.4, 0.5) is 13.2 Å². The zero-order valence-electron chi connectivity index (χ0n) is 9.41. The van der Waals surface area contributed by atoms with E-state index in [2.05, 4.69) is 5.16 Å². The summed E-state index contributed by atoms with van der Waals surface area (Å²) in [5.41, 5.74) is -0.727. The zero-order valence-corrected chi connectivity index (χ0v) is 9.41. The molecule has 1 aromatic rings. The summed E-state index contributed by atoms with van der Waals surface area (Å²) in [5.74, 6) is 0.532. The third-order valence-electron chi connectivity index (χ3n) is 1.81. The van der Waals surface area contributed by atoms with Gasteiger partial charge in [-0.25, -0.2) is 0 Å². The first kappa shape index (κ1) is 13.3. The monoisotopic (exact) mass is 247 g/mol. The number of nitrogens with zero attached hydrogens (tertiary/aromatic N) is 1. The summed E-state index contributed by atoms with van der Waals surface area (Å²) in [6.45, 7) is 3.83. The van der Waals surface area contributed by atoms with Crippen molar-refractivity contribution in [3.8, 4) is 5.75 Å². The molecule has 17 heavy (non-hydrogen) atoms. The molecule has 0 heterocycles. The van der Waals surface area contributed by atoms with Crippen LogP contribution in [0.5, 0.6) is 5.75 Å². The molecule has 0 bridgehead atoms. The maximum atomic E-state index is 12.2. The summed E-state index contributed by atoms with van der Waals surface area (Å²) < 4.78 is 41.7. The van der Waals surface area contributed by atoms with E-state index in [9.17, 15) is 13.2 Å². The van der Waals surface area contributed by atoms with Gasteiger partial charge in [-0.1, -0.05) is 0 Å². The van der Waals surface area contributed by atoms with E-state index in [1.807, 2.05) is 0 Å². The molecule has 0 spiro atoms. The van der Waals surface area contributed by atoms with Crippen LogP contribution < -0.4 is 4.84 Å². The van der Waals surface area contributed by atoms with Crippen molar-refractivity contribution in [3.05, 3.63) is 29.8 Å². The fourth-order valence-electron chi connectivity index (χ4n) is 1.06. The van der Waals surface area contributed by atoms with Crippen molar-refractivity contribution in [1.29, 1.82) is 0 Å². The second kappa shape index (κ2) is 5.56. The van der Waals surface area contributed by atoms with Gasteiger partial charge in [0.15, 0.2) is 5.75 Å². The lowest BCUT2D eigenvalue weighted by Gasteiger charge is -2.06. The van der Waals surface area contributed by atoms with Crippen molar-refractivity contribution in [2.75, 3.05) is 6.61 Å². The minimum atomic E-state index is -4.34. The van der Waals surface area contributed by atoms with Gasteiger partial charge in [0, 0.05) is 6.92 Å². The third-order valence-corrected chi connectivity index (χ3v) is 1.81. The maximum Gasteiger partial charge on any atom is 0.416 e. The van der Waals surface area contributed by atoms with Gasteiger partial charge in [-0.15, -0.1) is 0 Å². The lowest BCUT2D eigenvalue weighted by molar-refractivity contribution is -0.137. The highest BCUT2D eigenvalue weighted by Gasteiger charge is 2.30. The minimum Gasteiger partial charge on any atom is -0.479 e. The van der Waals surface area contributed by atoms with Crippen LogP contribution in [0.15, 0.2) is 29.4 Å². The average molecular weight is 247 g/mol. The van der Waals surface area contributed by atoms with Crippen LogP contribution >= 0.6 is 0 Å². The highest BCUT2D eigenvalue weighted by Crippen LogP contribution is 2.30. The highest BCUT2D eigenvalue weighted by molar-refractivity contribution is 5.72. The molecule has 0 radical (unpaired) electrons. The number of alkyl halides is 3. The molecule has 0 fully saturated rings. The molecule has 0 saturated heterocycles. The van der Waals surface area contributed by atoms with Crippen LogP contribution in [0.1, 0.15) is 19.4 Å². The third kappa shape index (κ3) is 4.34. The number of ether oxygens (including phenoxy) is 1. The summed E-state index contributed by atoms with van der Waals surface area (Å²) in [6, 6.07) is 4.26. The first-order chi connectivity index (χ1) is 7.93. The first-order valence-electron chi connectivity index (χ1n) is 4.95. The standard InChI is InChI=1S/C11H12F3NO2/c1-3-16-8(2)15-17-10-6-4-9(5-7-10)11(12,13)14/h4-7H,3H2,1-2H3. The Bertz CT molecular complexity index is 385. The van der Waals surface area contributed by atoms with Gasteiger partial charge >= 0.3 is 6.18 Å². The smallest absolute Gasteiger partial charge is 0.416 e. The Hall–Kier alpha value is -1.72. The first-order valence-corrected chi connectivity index (χ1v) is 4.95. The number of halogens is 3.